The van der Waals surface area contributed by atoms with Crippen molar-refractivity contribution in [1.82, 2.24) is 39.4 Å². The minimum atomic E-state index is -0.640. The highest BCUT2D eigenvalue weighted by molar-refractivity contribution is 7.99. The number of carbonyl (C=O) groups excluding carboxylic acids is 3. The van der Waals surface area contributed by atoms with Gasteiger partial charge >= 0.3 is 17.7 Å². The Hall–Kier alpha value is -7.81. The molecule has 4 aromatic heterocycles. The molecule has 0 bridgehead atoms. The number of hydrogen-bond donors (Lipinski definition) is 5. The largest absolute Gasteiger partial charge is 0.465 e. The third-order valence-corrected chi connectivity index (χ3v) is 12.7. The molecule has 0 aliphatic rings. The molecule has 2 amide bonds. The highest BCUT2D eigenvalue weighted by atomic mass is 32.2. The lowest BCUT2D eigenvalue weighted by atomic mass is 9.99. The van der Waals surface area contributed by atoms with Gasteiger partial charge in [0.15, 0.2) is 16.6 Å². The lowest BCUT2D eigenvalue weighted by molar-refractivity contribution is -0.144. The van der Waals surface area contributed by atoms with Gasteiger partial charge in [-0.25, -0.2) is 9.78 Å². The summed E-state index contributed by atoms with van der Waals surface area (Å²) in [5.74, 6) is -0.843. The predicted octanol–water partition coefficient (Wildman–Crippen LogP) is 6.56. The second-order valence-electron chi connectivity index (χ2n) is 18.3. The van der Waals surface area contributed by atoms with E-state index in [4.69, 9.17) is 29.7 Å². The van der Waals surface area contributed by atoms with Crippen LogP contribution < -0.4 is 32.4 Å². The molecule has 374 valence electrons. The van der Waals surface area contributed by atoms with Crippen LogP contribution in [0.15, 0.2) is 118 Å². The Balaban J connectivity index is 0.823. The molecule has 0 saturated carbocycles. The number of hydrogen-bond acceptors (Lipinski definition) is 14. The van der Waals surface area contributed by atoms with Crippen LogP contribution in [-0.2, 0) is 36.8 Å². The van der Waals surface area contributed by atoms with Gasteiger partial charge < -0.3 is 45.3 Å². The molecule has 8 aromatic rings. The van der Waals surface area contributed by atoms with Crippen LogP contribution in [0.1, 0.15) is 62.0 Å². The molecule has 4 aromatic carbocycles. The van der Waals surface area contributed by atoms with Crippen LogP contribution in [-0.4, -0.2) is 102 Å². The van der Waals surface area contributed by atoms with Crippen LogP contribution in [0.4, 0.5) is 11.5 Å². The summed E-state index contributed by atoms with van der Waals surface area (Å²) in [6, 6.07) is 30.7. The van der Waals surface area contributed by atoms with E-state index >= 15 is 0 Å². The van der Waals surface area contributed by atoms with Crippen molar-refractivity contribution >= 4 is 74.2 Å². The monoisotopic (exact) mass is 996 g/mol. The Morgan fingerprint density at radius 2 is 1.51 bits per heavy atom. The molecule has 0 saturated heterocycles. The van der Waals surface area contributed by atoms with Crippen LogP contribution in [0.5, 0.6) is 6.01 Å². The first-order chi connectivity index (χ1) is 34.6. The second-order valence-corrected chi connectivity index (χ2v) is 19.2. The number of nitrogens with two attached hydrogens (primary N) is 1. The molecule has 72 heavy (non-hydrogen) atoms. The molecule has 8 rings (SSSR count). The van der Waals surface area contributed by atoms with Crippen molar-refractivity contribution in [2.45, 2.75) is 69.8 Å². The number of nitrogens with one attached hydrogen (secondary N) is 4. The number of thioether (sulfide) groups is 1. The van der Waals surface area contributed by atoms with Crippen molar-refractivity contribution in [3.8, 4) is 11.7 Å². The molecule has 19 nitrogen and oxygen atoms in total. The number of methoxy groups -OCH3 is 1. The average molecular weight is 997 g/mol. The third-order valence-electron chi connectivity index (χ3n) is 11.7. The van der Waals surface area contributed by atoms with Crippen molar-refractivity contribution in [3.05, 3.63) is 141 Å². The number of carbonyl (C=O) groups is 3. The number of imidazole rings is 1. The van der Waals surface area contributed by atoms with Crippen molar-refractivity contribution in [2.24, 2.45) is 0 Å². The summed E-state index contributed by atoms with van der Waals surface area (Å²) in [5, 5.41) is 6.96. The first-order valence-electron chi connectivity index (χ1n) is 23.3. The Bertz CT molecular complexity index is 3350. The summed E-state index contributed by atoms with van der Waals surface area (Å²) in [7, 11) is 1.55. The zero-order valence-electron chi connectivity index (χ0n) is 40.6. The number of para-hydroxylation sites is 2. The second kappa shape index (κ2) is 22.1. The van der Waals surface area contributed by atoms with Gasteiger partial charge in [0, 0.05) is 47.8 Å². The van der Waals surface area contributed by atoms with E-state index in [0.29, 0.717) is 86.8 Å². The number of esters is 1. The van der Waals surface area contributed by atoms with Gasteiger partial charge in [-0.2, -0.15) is 9.97 Å². The van der Waals surface area contributed by atoms with Gasteiger partial charge in [-0.1, -0.05) is 66.4 Å². The third kappa shape index (κ3) is 12.4. The minimum Gasteiger partial charge on any atom is -0.465 e. The number of ether oxygens (including phenoxy) is 4. The topological polar surface area (TPSA) is 252 Å². The van der Waals surface area contributed by atoms with Crippen molar-refractivity contribution in [3.63, 3.8) is 0 Å². The normalized spacial score (nSPS) is 11.8. The van der Waals surface area contributed by atoms with E-state index in [1.807, 2.05) is 94.4 Å². The number of aromatic amines is 2. The molecular weight excluding hydrogens is 941 g/mol. The predicted molar refractivity (Wildman–Crippen MR) is 276 cm³/mol. The number of aromatic nitrogens is 7. The lowest BCUT2D eigenvalue weighted by Gasteiger charge is -2.30. The quantitative estimate of drug-likeness (QED) is 0.0209. The summed E-state index contributed by atoms with van der Waals surface area (Å²) < 4.78 is 25.3. The Morgan fingerprint density at radius 1 is 0.792 bits per heavy atom. The smallest absolute Gasteiger partial charge is 0.328 e. The van der Waals surface area contributed by atoms with E-state index in [1.165, 1.54) is 9.13 Å². The van der Waals surface area contributed by atoms with E-state index in [9.17, 15) is 24.0 Å². The molecular formula is C52H56N10O9S. The van der Waals surface area contributed by atoms with E-state index in [0.717, 1.165) is 17.3 Å². The maximum atomic E-state index is 14.1. The number of amides is 2. The molecule has 0 spiro atoms. The Morgan fingerprint density at radius 3 is 2.25 bits per heavy atom. The number of nitrogen functional groups attached to an aromatic ring is 1. The molecule has 0 aliphatic heterocycles. The van der Waals surface area contributed by atoms with Gasteiger partial charge in [-0.15, -0.1) is 0 Å². The highest BCUT2D eigenvalue weighted by Crippen LogP contribution is 2.28. The average Bonchev–Trinajstić information content (AvgIpc) is 3.87. The van der Waals surface area contributed by atoms with Crippen LogP contribution in [0.3, 0.4) is 0 Å². The highest BCUT2D eigenvalue weighted by Gasteiger charge is 2.26. The Labute approximate surface area is 417 Å². The molecule has 20 heteroatoms. The maximum Gasteiger partial charge on any atom is 0.328 e. The van der Waals surface area contributed by atoms with Crippen molar-refractivity contribution in [1.29, 1.82) is 0 Å². The van der Waals surface area contributed by atoms with E-state index < -0.39 is 22.8 Å². The minimum absolute atomic E-state index is 0.00936. The van der Waals surface area contributed by atoms with Crippen LogP contribution in [0.25, 0.3) is 38.8 Å². The van der Waals surface area contributed by atoms with Gasteiger partial charge in [0.25, 0.3) is 11.5 Å². The summed E-state index contributed by atoms with van der Waals surface area (Å²) in [6.45, 7) is 8.82. The molecule has 4 heterocycles. The zero-order valence-corrected chi connectivity index (χ0v) is 41.4. The zero-order chi connectivity index (χ0) is 51.0. The van der Waals surface area contributed by atoms with E-state index in [1.54, 1.807) is 43.5 Å². The van der Waals surface area contributed by atoms with E-state index in [-0.39, 0.29) is 61.1 Å². The van der Waals surface area contributed by atoms with Gasteiger partial charge in [0.2, 0.25) is 5.91 Å². The fraction of sp³-hybridized carbons (Fsp3) is 0.308. The fourth-order valence-electron chi connectivity index (χ4n) is 7.83. The summed E-state index contributed by atoms with van der Waals surface area (Å²) in [6.07, 6.45) is 0.917. The number of fused-ring (bicyclic) bond motifs is 4. The molecule has 6 N–H and O–H groups in total. The first-order valence-corrected chi connectivity index (χ1v) is 24.2. The molecule has 0 aliphatic carbocycles. The summed E-state index contributed by atoms with van der Waals surface area (Å²) in [5.41, 5.74) is 9.21. The molecule has 0 radical (unpaired) electrons. The van der Waals surface area contributed by atoms with Gasteiger partial charge in [-0.3, -0.25) is 28.3 Å². The van der Waals surface area contributed by atoms with Crippen molar-refractivity contribution < 1.29 is 33.3 Å². The number of nitrogens with zero attached hydrogens (tertiary/aromatic N) is 5. The van der Waals surface area contributed by atoms with Gasteiger partial charge in [0.05, 0.1) is 43.2 Å². The Kier molecular flexibility index (Phi) is 15.5. The van der Waals surface area contributed by atoms with Crippen LogP contribution in [0, 0.1) is 0 Å². The maximum absolute atomic E-state index is 14.1. The molecule has 0 unspecified atom stereocenters. The number of benzene rings is 4. The fourth-order valence-corrected chi connectivity index (χ4v) is 8.63. The van der Waals surface area contributed by atoms with Gasteiger partial charge in [0.1, 0.15) is 23.2 Å². The first kappa shape index (κ1) is 50.6. The van der Waals surface area contributed by atoms with Crippen LogP contribution >= 0.6 is 11.8 Å². The number of rotatable bonds is 22. The lowest BCUT2D eigenvalue weighted by Crippen LogP contribution is -2.44. The molecule has 0 atom stereocenters. The number of H-pyrrole nitrogens is 2. The van der Waals surface area contributed by atoms with Crippen molar-refractivity contribution in [2.75, 3.05) is 50.3 Å². The molecule has 0 fully saturated rings. The number of anilines is 2. The van der Waals surface area contributed by atoms with E-state index in [2.05, 4.69) is 30.6 Å². The SMILES string of the molecule is COCCOc1nc(N)c2[nH]c(=O)n(Cc3ccc(C(=O)NC(C)(C)CCOC(C)(C)CCOC(=O)Cc4ccc5[nH]c6c(=O)n(-c7ccccc7)c(SCC(=O)Nc7ccccc7)nc6c5c4)cc3)c2n1. The summed E-state index contributed by atoms with van der Waals surface area (Å²) >= 11 is 1.15. The van der Waals surface area contributed by atoms with Crippen LogP contribution in [0.2, 0.25) is 0 Å². The summed E-state index contributed by atoms with van der Waals surface area (Å²) in [4.78, 5) is 85.7. The standard InChI is InChI=1S/C52H56N10O9S/c1-51(2,60-46(65)34-19-16-32(17-20-34)30-61-45-43(56-49(61)67)44(53)58-48(59-45)70-27-26-68-5)22-25-71-52(3,4)23-24-69-40(64)29-33-18-21-38-37(28-33)41-42(55-38)47(66)62(36-14-10-7-11-15-36)50(57-41)72-31-39(63)54-35-12-8-6-9-13-35/h6-21,28,55H,22-27,29-31H2,1-5H3,(H,54,63)(H,56,67)(H,60,65)(H2,53,58,59). The van der Waals surface area contributed by atoms with Gasteiger partial charge in [-0.05, 0) is 93.8 Å².